The molecular formula is C15H19N5O3. The van der Waals surface area contributed by atoms with Gasteiger partial charge in [-0.2, -0.15) is 15.0 Å². The van der Waals surface area contributed by atoms with Gasteiger partial charge in [0.1, 0.15) is 0 Å². The second kappa shape index (κ2) is 5.45. The second-order valence-corrected chi connectivity index (χ2v) is 6.21. The average Bonchev–Trinajstić information content (AvgIpc) is 3.04. The lowest BCUT2D eigenvalue weighted by Crippen LogP contribution is -2.35. The van der Waals surface area contributed by atoms with Crippen molar-refractivity contribution in [3.8, 4) is 0 Å². The molecule has 2 aliphatic rings. The Hall–Kier alpha value is -2.22. The van der Waals surface area contributed by atoms with Gasteiger partial charge in [-0.05, 0) is 32.6 Å². The standard InChI is InChI=1S/C15H19N5O3/c1-10-12(11-2-8-22-9-3-11)19-23-13(10)18-14(21)15(4-5-15)20-16-6-7-17-20/h6-7,11H,2-5,8-9H2,1H3,(H,18,21). The number of rotatable bonds is 4. The Kier molecular flexibility index (Phi) is 3.41. The number of aromatic nitrogens is 4. The summed E-state index contributed by atoms with van der Waals surface area (Å²) >= 11 is 0. The quantitative estimate of drug-likeness (QED) is 0.920. The van der Waals surface area contributed by atoms with Crippen molar-refractivity contribution in [1.82, 2.24) is 20.2 Å². The predicted molar refractivity (Wildman–Crippen MR) is 79.9 cm³/mol. The van der Waals surface area contributed by atoms with Crippen molar-refractivity contribution in [3.63, 3.8) is 0 Å². The molecule has 8 nitrogen and oxygen atoms in total. The summed E-state index contributed by atoms with van der Waals surface area (Å²) in [5.74, 6) is 0.613. The third kappa shape index (κ3) is 2.42. The van der Waals surface area contributed by atoms with E-state index in [1.54, 1.807) is 12.4 Å². The molecule has 2 aromatic heterocycles. The number of anilines is 1. The van der Waals surface area contributed by atoms with E-state index in [1.165, 1.54) is 4.80 Å². The Balaban J connectivity index is 1.51. The van der Waals surface area contributed by atoms with Crippen LogP contribution in [0.1, 0.15) is 42.9 Å². The van der Waals surface area contributed by atoms with Crippen LogP contribution in [0.15, 0.2) is 16.9 Å². The molecule has 4 rings (SSSR count). The Morgan fingerprint density at radius 1 is 1.30 bits per heavy atom. The van der Waals surface area contributed by atoms with E-state index in [9.17, 15) is 4.79 Å². The fraction of sp³-hybridized carbons (Fsp3) is 0.600. The number of ether oxygens (including phenoxy) is 1. The van der Waals surface area contributed by atoms with Gasteiger partial charge in [-0.25, -0.2) is 0 Å². The minimum absolute atomic E-state index is 0.147. The number of carbonyl (C=O) groups excluding carboxylic acids is 1. The van der Waals surface area contributed by atoms with Crippen LogP contribution in [0.4, 0.5) is 5.88 Å². The van der Waals surface area contributed by atoms with Gasteiger partial charge in [0.2, 0.25) is 5.88 Å². The fourth-order valence-corrected chi connectivity index (χ4v) is 3.11. The number of nitrogens with one attached hydrogen (secondary N) is 1. The molecule has 8 heteroatoms. The lowest BCUT2D eigenvalue weighted by molar-refractivity contribution is -0.121. The summed E-state index contributed by atoms with van der Waals surface area (Å²) in [7, 11) is 0. The molecule has 3 heterocycles. The third-order valence-electron chi connectivity index (χ3n) is 4.74. The maximum Gasteiger partial charge on any atom is 0.256 e. The van der Waals surface area contributed by atoms with Crippen LogP contribution < -0.4 is 5.32 Å². The normalized spacial score (nSPS) is 20.4. The highest BCUT2D eigenvalue weighted by atomic mass is 16.5. The monoisotopic (exact) mass is 317 g/mol. The van der Waals surface area contributed by atoms with Crippen molar-refractivity contribution >= 4 is 11.8 Å². The zero-order valence-electron chi connectivity index (χ0n) is 13.0. The maximum absolute atomic E-state index is 12.6. The van der Waals surface area contributed by atoms with Crippen LogP contribution in [0.2, 0.25) is 0 Å². The summed E-state index contributed by atoms with van der Waals surface area (Å²) in [4.78, 5) is 14.1. The molecule has 1 N–H and O–H groups in total. The highest BCUT2D eigenvalue weighted by molar-refractivity contribution is 5.98. The van der Waals surface area contributed by atoms with E-state index in [0.717, 1.165) is 50.2 Å². The number of nitrogens with zero attached hydrogens (tertiary/aromatic N) is 4. The third-order valence-corrected chi connectivity index (χ3v) is 4.74. The minimum atomic E-state index is -0.679. The molecular weight excluding hydrogens is 298 g/mol. The lowest BCUT2D eigenvalue weighted by atomic mass is 9.94. The summed E-state index contributed by atoms with van der Waals surface area (Å²) in [6, 6.07) is 0. The Bertz CT molecular complexity index is 699. The summed E-state index contributed by atoms with van der Waals surface area (Å²) in [5.41, 5.74) is 1.14. The molecule has 23 heavy (non-hydrogen) atoms. The molecule has 0 aromatic carbocycles. The molecule has 1 saturated heterocycles. The van der Waals surface area contributed by atoms with Crippen molar-refractivity contribution in [2.45, 2.75) is 44.1 Å². The van der Waals surface area contributed by atoms with Crippen LogP contribution in [0.25, 0.3) is 0 Å². The summed E-state index contributed by atoms with van der Waals surface area (Å²) in [5, 5.41) is 15.2. The first-order chi connectivity index (χ1) is 11.2. The largest absolute Gasteiger partial charge is 0.381 e. The topological polar surface area (TPSA) is 95.1 Å². The van der Waals surface area contributed by atoms with E-state index in [-0.39, 0.29) is 5.91 Å². The van der Waals surface area contributed by atoms with Crippen molar-refractivity contribution in [3.05, 3.63) is 23.7 Å². The first-order valence-corrected chi connectivity index (χ1v) is 7.93. The zero-order valence-corrected chi connectivity index (χ0v) is 13.0. The first-order valence-electron chi connectivity index (χ1n) is 7.93. The van der Waals surface area contributed by atoms with E-state index in [4.69, 9.17) is 9.26 Å². The Labute approximate surface area is 133 Å². The van der Waals surface area contributed by atoms with Gasteiger partial charge < -0.3 is 9.26 Å². The molecule has 0 spiro atoms. The zero-order chi connectivity index (χ0) is 15.9. The van der Waals surface area contributed by atoms with E-state index >= 15 is 0 Å². The van der Waals surface area contributed by atoms with Gasteiger partial charge in [0.15, 0.2) is 5.54 Å². The van der Waals surface area contributed by atoms with Gasteiger partial charge in [-0.1, -0.05) is 5.16 Å². The molecule has 2 aromatic rings. The van der Waals surface area contributed by atoms with Crippen molar-refractivity contribution in [2.75, 3.05) is 18.5 Å². The van der Waals surface area contributed by atoms with Crippen molar-refractivity contribution in [2.24, 2.45) is 0 Å². The van der Waals surface area contributed by atoms with Crippen LogP contribution in [-0.2, 0) is 15.1 Å². The molecule has 1 saturated carbocycles. The molecule has 0 radical (unpaired) electrons. The van der Waals surface area contributed by atoms with Gasteiger partial charge in [0.25, 0.3) is 5.91 Å². The predicted octanol–water partition coefficient (Wildman–Crippen LogP) is 1.60. The summed E-state index contributed by atoms with van der Waals surface area (Å²) < 4.78 is 10.8. The Morgan fingerprint density at radius 2 is 2.00 bits per heavy atom. The Morgan fingerprint density at radius 3 is 2.65 bits per heavy atom. The maximum atomic E-state index is 12.6. The van der Waals surface area contributed by atoms with E-state index in [2.05, 4.69) is 20.7 Å². The number of carbonyl (C=O) groups is 1. The van der Waals surface area contributed by atoms with Gasteiger partial charge >= 0.3 is 0 Å². The van der Waals surface area contributed by atoms with Crippen LogP contribution >= 0.6 is 0 Å². The molecule has 1 amide bonds. The summed E-state index contributed by atoms with van der Waals surface area (Å²) in [6.07, 6.45) is 6.48. The molecule has 0 bridgehead atoms. The minimum Gasteiger partial charge on any atom is -0.381 e. The average molecular weight is 317 g/mol. The van der Waals surface area contributed by atoms with E-state index in [1.807, 2.05) is 6.92 Å². The summed E-state index contributed by atoms with van der Waals surface area (Å²) in [6.45, 7) is 3.42. The van der Waals surface area contributed by atoms with Crippen LogP contribution in [0.3, 0.4) is 0 Å². The van der Waals surface area contributed by atoms with E-state index in [0.29, 0.717) is 11.8 Å². The van der Waals surface area contributed by atoms with Gasteiger partial charge in [0.05, 0.1) is 18.1 Å². The lowest BCUT2D eigenvalue weighted by Gasteiger charge is -2.20. The highest BCUT2D eigenvalue weighted by Crippen LogP contribution is 2.43. The van der Waals surface area contributed by atoms with Gasteiger partial charge in [0, 0.05) is 24.7 Å². The highest BCUT2D eigenvalue weighted by Gasteiger charge is 2.54. The van der Waals surface area contributed by atoms with Crippen LogP contribution in [0, 0.1) is 6.92 Å². The number of hydrogen-bond acceptors (Lipinski definition) is 6. The molecule has 2 fully saturated rings. The smallest absolute Gasteiger partial charge is 0.256 e. The molecule has 0 unspecified atom stereocenters. The van der Waals surface area contributed by atoms with Crippen molar-refractivity contribution < 1.29 is 14.1 Å². The van der Waals surface area contributed by atoms with Gasteiger partial charge in [-0.3, -0.25) is 10.1 Å². The molecule has 1 aliphatic heterocycles. The number of amides is 1. The van der Waals surface area contributed by atoms with Crippen molar-refractivity contribution in [1.29, 1.82) is 0 Å². The fourth-order valence-electron chi connectivity index (χ4n) is 3.11. The second-order valence-electron chi connectivity index (χ2n) is 6.21. The van der Waals surface area contributed by atoms with E-state index < -0.39 is 5.54 Å². The molecule has 0 atom stereocenters. The van der Waals surface area contributed by atoms with Crippen LogP contribution in [-0.4, -0.2) is 39.3 Å². The molecule has 1 aliphatic carbocycles. The van der Waals surface area contributed by atoms with Crippen LogP contribution in [0.5, 0.6) is 0 Å². The number of hydrogen-bond donors (Lipinski definition) is 1. The van der Waals surface area contributed by atoms with Gasteiger partial charge in [-0.15, -0.1) is 0 Å². The first kappa shape index (κ1) is 14.4. The molecule has 122 valence electrons. The SMILES string of the molecule is Cc1c(C2CCOCC2)noc1NC(=O)C1(n2nccn2)CC1.